The van der Waals surface area contributed by atoms with Crippen LogP contribution in [-0.4, -0.2) is 33.9 Å². The van der Waals surface area contributed by atoms with Gasteiger partial charge in [0.15, 0.2) is 5.16 Å². The third-order valence-electron chi connectivity index (χ3n) is 3.09. The highest BCUT2D eigenvalue weighted by Crippen LogP contribution is 2.41. The zero-order valence-corrected chi connectivity index (χ0v) is 10.9. The fourth-order valence-electron chi connectivity index (χ4n) is 1.81. The van der Waals surface area contributed by atoms with Crippen molar-refractivity contribution in [2.45, 2.75) is 23.5 Å². The molecule has 1 aliphatic rings. The summed E-state index contributed by atoms with van der Waals surface area (Å²) in [5.74, 6) is 0.444. The number of ether oxygens (including phenoxy) is 1. The molecule has 1 heterocycles. The molecule has 0 aromatic carbocycles. The van der Waals surface area contributed by atoms with E-state index in [0.29, 0.717) is 5.75 Å². The first-order chi connectivity index (χ1) is 8.08. The fraction of sp³-hybridized carbons (Fsp3) is 0.636. The van der Waals surface area contributed by atoms with Crippen LogP contribution in [0.4, 0.5) is 0 Å². The molecule has 2 rings (SSSR count). The van der Waals surface area contributed by atoms with Crippen molar-refractivity contribution in [2.24, 2.45) is 18.7 Å². The van der Waals surface area contributed by atoms with Crippen molar-refractivity contribution in [3.05, 3.63) is 12.4 Å². The molecular weight excluding hydrogens is 238 g/mol. The molecule has 1 aliphatic carbocycles. The van der Waals surface area contributed by atoms with Crippen molar-refractivity contribution in [2.75, 3.05) is 12.9 Å². The van der Waals surface area contributed by atoms with Crippen LogP contribution in [0, 0.1) is 5.92 Å². The third-order valence-corrected chi connectivity index (χ3v) is 4.36. The van der Waals surface area contributed by atoms with Crippen molar-refractivity contribution < 1.29 is 9.53 Å². The fourth-order valence-corrected chi connectivity index (χ4v) is 2.93. The first kappa shape index (κ1) is 12.4. The van der Waals surface area contributed by atoms with Crippen LogP contribution < -0.4 is 5.73 Å². The van der Waals surface area contributed by atoms with Gasteiger partial charge in [0.1, 0.15) is 5.54 Å². The molecule has 94 valence electrons. The zero-order chi connectivity index (χ0) is 12.5. The average Bonchev–Trinajstić information content (AvgIpc) is 3.10. The van der Waals surface area contributed by atoms with Crippen LogP contribution in [-0.2, 0) is 16.6 Å². The Morgan fingerprint density at radius 3 is 2.94 bits per heavy atom. The van der Waals surface area contributed by atoms with Crippen molar-refractivity contribution in [3.63, 3.8) is 0 Å². The van der Waals surface area contributed by atoms with Gasteiger partial charge in [-0.25, -0.2) is 4.98 Å². The average molecular weight is 255 g/mol. The summed E-state index contributed by atoms with van der Waals surface area (Å²) < 4.78 is 6.72. The molecule has 0 aliphatic heterocycles. The Balaban J connectivity index is 2.04. The molecule has 1 unspecified atom stereocenters. The molecule has 1 fully saturated rings. The molecule has 17 heavy (non-hydrogen) atoms. The van der Waals surface area contributed by atoms with Gasteiger partial charge >= 0.3 is 5.97 Å². The van der Waals surface area contributed by atoms with E-state index in [0.717, 1.165) is 18.0 Å². The largest absolute Gasteiger partial charge is 0.468 e. The third kappa shape index (κ3) is 2.47. The van der Waals surface area contributed by atoms with E-state index in [4.69, 9.17) is 10.5 Å². The molecule has 6 heteroatoms. The summed E-state index contributed by atoms with van der Waals surface area (Å²) >= 11 is 1.50. The number of nitrogens with two attached hydrogens (primary N) is 1. The number of hydrogen-bond donors (Lipinski definition) is 1. The van der Waals surface area contributed by atoms with E-state index in [2.05, 4.69) is 4.98 Å². The number of esters is 1. The van der Waals surface area contributed by atoms with Crippen molar-refractivity contribution in [3.8, 4) is 0 Å². The van der Waals surface area contributed by atoms with Gasteiger partial charge in [-0.1, -0.05) is 11.8 Å². The predicted molar refractivity (Wildman–Crippen MR) is 65.6 cm³/mol. The first-order valence-corrected chi connectivity index (χ1v) is 6.54. The Hall–Kier alpha value is -1.01. The Labute approximate surface area is 105 Å². The molecule has 0 spiro atoms. The van der Waals surface area contributed by atoms with Gasteiger partial charge in [-0.15, -0.1) is 0 Å². The summed E-state index contributed by atoms with van der Waals surface area (Å²) in [6.45, 7) is 0. The number of rotatable bonds is 5. The summed E-state index contributed by atoms with van der Waals surface area (Å²) in [6, 6.07) is 0. The van der Waals surface area contributed by atoms with Gasteiger partial charge in [0.25, 0.3) is 0 Å². The number of methoxy groups -OCH3 is 1. The molecule has 5 nitrogen and oxygen atoms in total. The van der Waals surface area contributed by atoms with E-state index in [1.807, 2.05) is 17.8 Å². The molecule has 0 radical (unpaired) electrons. The number of imidazole rings is 1. The van der Waals surface area contributed by atoms with E-state index in [9.17, 15) is 4.79 Å². The highest BCUT2D eigenvalue weighted by molar-refractivity contribution is 7.99. The van der Waals surface area contributed by atoms with Crippen LogP contribution in [0.15, 0.2) is 17.6 Å². The van der Waals surface area contributed by atoms with Crippen LogP contribution >= 0.6 is 11.8 Å². The van der Waals surface area contributed by atoms with Crippen molar-refractivity contribution in [1.82, 2.24) is 9.55 Å². The topological polar surface area (TPSA) is 70.1 Å². The quantitative estimate of drug-likeness (QED) is 0.622. The maximum absolute atomic E-state index is 11.8. The second-order valence-electron chi connectivity index (χ2n) is 4.42. The zero-order valence-electron chi connectivity index (χ0n) is 10.0. The van der Waals surface area contributed by atoms with Gasteiger partial charge in [0.05, 0.1) is 7.11 Å². The lowest BCUT2D eigenvalue weighted by atomic mass is 9.97. The Kier molecular flexibility index (Phi) is 3.44. The lowest BCUT2D eigenvalue weighted by Gasteiger charge is -2.25. The van der Waals surface area contributed by atoms with Crippen LogP contribution in [0.3, 0.4) is 0 Å². The smallest absolute Gasteiger partial charge is 0.327 e. The normalized spacial score (nSPS) is 18.8. The second-order valence-corrected chi connectivity index (χ2v) is 5.36. The Bertz CT molecular complexity index is 417. The number of thioether (sulfide) groups is 1. The minimum atomic E-state index is -0.870. The first-order valence-electron chi connectivity index (χ1n) is 5.55. The summed E-state index contributed by atoms with van der Waals surface area (Å²) in [5.41, 5.74) is 5.32. The lowest BCUT2D eigenvalue weighted by Crippen LogP contribution is -2.53. The van der Waals surface area contributed by atoms with E-state index in [1.165, 1.54) is 18.9 Å². The lowest BCUT2D eigenvalue weighted by molar-refractivity contribution is -0.146. The van der Waals surface area contributed by atoms with Crippen LogP contribution in [0.2, 0.25) is 0 Å². The maximum atomic E-state index is 11.8. The summed E-state index contributed by atoms with van der Waals surface area (Å²) in [7, 11) is 3.31. The van der Waals surface area contributed by atoms with Gasteiger partial charge in [0, 0.05) is 25.2 Å². The molecule has 1 aromatic heterocycles. The van der Waals surface area contributed by atoms with Gasteiger partial charge in [-0.3, -0.25) is 4.79 Å². The number of nitrogens with zero attached hydrogens (tertiary/aromatic N) is 2. The molecule has 0 saturated heterocycles. The number of aryl methyl sites for hydroxylation is 1. The monoisotopic (exact) mass is 255 g/mol. The molecule has 0 amide bonds. The number of aromatic nitrogens is 2. The van der Waals surface area contributed by atoms with E-state index in [1.54, 1.807) is 6.20 Å². The molecule has 1 aromatic rings. The minimum Gasteiger partial charge on any atom is -0.468 e. The van der Waals surface area contributed by atoms with Crippen molar-refractivity contribution >= 4 is 17.7 Å². The predicted octanol–water partition coefficient (Wildman–Crippen LogP) is 0.793. The SMILES string of the molecule is COC(=O)C(N)(CSc1nccn1C)C1CC1. The highest BCUT2D eigenvalue weighted by atomic mass is 32.2. The van der Waals surface area contributed by atoms with Gasteiger partial charge in [-0.05, 0) is 18.8 Å². The second kappa shape index (κ2) is 4.70. The molecular formula is C11H17N3O2S. The van der Waals surface area contributed by atoms with Crippen molar-refractivity contribution in [1.29, 1.82) is 0 Å². The Morgan fingerprint density at radius 1 is 1.76 bits per heavy atom. The summed E-state index contributed by atoms with van der Waals surface area (Å²) in [5, 5.41) is 0.865. The number of carbonyl (C=O) groups is 1. The van der Waals surface area contributed by atoms with E-state index < -0.39 is 5.54 Å². The number of carbonyl (C=O) groups excluding carboxylic acids is 1. The van der Waals surface area contributed by atoms with Gasteiger partial charge < -0.3 is 15.0 Å². The summed E-state index contributed by atoms with van der Waals surface area (Å²) in [6.07, 6.45) is 5.62. The van der Waals surface area contributed by atoms with Gasteiger partial charge in [0.2, 0.25) is 0 Å². The standard InChI is InChI=1S/C11H17N3O2S/c1-14-6-5-13-10(14)17-7-11(12,8-3-4-8)9(15)16-2/h5-6,8H,3-4,7,12H2,1-2H3. The Morgan fingerprint density at radius 2 is 2.47 bits per heavy atom. The number of hydrogen-bond acceptors (Lipinski definition) is 5. The molecule has 0 bridgehead atoms. The molecule has 2 N–H and O–H groups in total. The van der Waals surface area contributed by atoms with E-state index in [-0.39, 0.29) is 11.9 Å². The van der Waals surface area contributed by atoms with E-state index >= 15 is 0 Å². The highest BCUT2D eigenvalue weighted by Gasteiger charge is 2.49. The molecule has 1 saturated carbocycles. The van der Waals surface area contributed by atoms with Crippen LogP contribution in [0.5, 0.6) is 0 Å². The minimum absolute atomic E-state index is 0.253. The van der Waals surface area contributed by atoms with Gasteiger partial charge in [-0.2, -0.15) is 0 Å². The maximum Gasteiger partial charge on any atom is 0.327 e. The van der Waals surface area contributed by atoms with Crippen LogP contribution in [0.1, 0.15) is 12.8 Å². The molecule has 1 atom stereocenters. The van der Waals surface area contributed by atoms with Crippen LogP contribution in [0.25, 0.3) is 0 Å². The summed E-state index contributed by atoms with van der Waals surface area (Å²) in [4.78, 5) is 16.0.